The van der Waals surface area contributed by atoms with Crippen LogP contribution in [0.2, 0.25) is 5.02 Å². The molecule has 4 nitrogen and oxygen atoms in total. The van der Waals surface area contributed by atoms with E-state index < -0.39 is 17.5 Å². The third kappa shape index (κ3) is 4.83. The van der Waals surface area contributed by atoms with Crippen molar-refractivity contribution in [1.82, 2.24) is 4.90 Å². The first kappa shape index (κ1) is 20.6. The van der Waals surface area contributed by atoms with Crippen molar-refractivity contribution in [3.63, 3.8) is 0 Å². The van der Waals surface area contributed by atoms with E-state index in [9.17, 15) is 13.6 Å². The SMILES string of the molecule is COc1ccc(Cl)cc1C(=O)/N=C1\SC(C)(C)CN1Cc1cc(F)cc(F)c1. The molecule has 0 bridgehead atoms. The molecule has 1 saturated heterocycles. The zero-order valence-electron chi connectivity index (χ0n) is 15.6. The molecule has 0 N–H and O–H groups in total. The number of amides is 1. The summed E-state index contributed by atoms with van der Waals surface area (Å²) in [6.07, 6.45) is 0. The highest BCUT2D eigenvalue weighted by atomic mass is 35.5. The summed E-state index contributed by atoms with van der Waals surface area (Å²) in [5.74, 6) is -1.39. The van der Waals surface area contributed by atoms with Gasteiger partial charge in [-0.05, 0) is 49.7 Å². The summed E-state index contributed by atoms with van der Waals surface area (Å²) in [5, 5.41) is 0.887. The summed E-state index contributed by atoms with van der Waals surface area (Å²) in [7, 11) is 1.46. The first-order valence-electron chi connectivity index (χ1n) is 8.52. The Hall–Kier alpha value is -2.12. The number of amidine groups is 1. The van der Waals surface area contributed by atoms with Gasteiger partial charge in [-0.25, -0.2) is 8.78 Å². The number of carbonyl (C=O) groups excluding carboxylic acids is 1. The molecule has 0 aliphatic carbocycles. The Bertz CT molecular complexity index is 930. The second-order valence-corrected chi connectivity index (χ2v) is 9.15. The Morgan fingerprint density at radius 3 is 2.57 bits per heavy atom. The first-order valence-corrected chi connectivity index (χ1v) is 9.72. The maximum Gasteiger partial charge on any atom is 0.283 e. The Balaban J connectivity index is 1.91. The highest BCUT2D eigenvalue weighted by Gasteiger charge is 2.36. The second kappa shape index (κ2) is 8.09. The third-order valence-corrected chi connectivity index (χ3v) is 5.54. The van der Waals surface area contributed by atoms with Gasteiger partial charge in [0.15, 0.2) is 5.17 Å². The summed E-state index contributed by atoms with van der Waals surface area (Å²) >= 11 is 7.44. The fourth-order valence-electron chi connectivity index (χ4n) is 3.01. The summed E-state index contributed by atoms with van der Waals surface area (Å²) in [5.41, 5.74) is 0.723. The van der Waals surface area contributed by atoms with Crippen LogP contribution in [0.3, 0.4) is 0 Å². The van der Waals surface area contributed by atoms with Gasteiger partial charge in [-0.2, -0.15) is 4.99 Å². The zero-order valence-corrected chi connectivity index (χ0v) is 17.2. The molecule has 8 heteroatoms. The molecule has 0 spiro atoms. The molecule has 148 valence electrons. The quantitative estimate of drug-likeness (QED) is 0.680. The van der Waals surface area contributed by atoms with Crippen molar-refractivity contribution < 1.29 is 18.3 Å². The molecule has 2 aromatic carbocycles. The maximum absolute atomic E-state index is 13.5. The number of carbonyl (C=O) groups is 1. The average molecular weight is 425 g/mol. The van der Waals surface area contributed by atoms with Crippen molar-refractivity contribution in [3.8, 4) is 5.75 Å². The van der Waals surface area contributed by atoms with Crippen LogP contribution in [-0.4, -0.2) is 34.4 Å². The minimum atomic E-state index is -0.640. The van der Waals surface area contributed by atoms with E-state index in [1.165, 1.54) is 37.1 Å². The van der Waals surface area contributed by atoms with Gasteiger partial charge in [-0.3, -0.25) is 4.79 Å². The van der Waals surface area contributed by atoms with E-state index in [4.69, 9.17) is 16.3 Å². The lowest BCUT2D eigenvalue weighted by atomic mass is 10.1. The van der Waals surface area contributed by atoms with Gasteiger partial charge in [-0.1, -0.05) is 23.4 Å². The molecule has 1 heterocycles. The highest BCUT2D eigenvalue weighted by molar-refractivity contribution is 8.15. The molecule has 28 heavy (non-hydrogen) atoms. The van der Waals surface area contributed by atoms with E-state index in [1.807, 2.05) is 18.7 Å². The fourth-order valence-corrected chi connectivity index (χ4v) is 4.28. The molecule has 0 atom stereocenters. The van der Waals surface area contributed by atoms with Gasteiger partial charge in [0.25, 0.3) is 5.91 Å². The van der Waals surface area contributed by atoms with Crippen molar-refractivity contribution in [3.05, 3.63) is 64.2 Å². The normalized spacial score (nSPS) is 17.2. The molecule has 1 aliphatic rings. The predicted octanol–water partition coefficient (Wildman–Crippen LogP) is 5.15. The standard InChI is InChI=1S/C20H19ClF2N2O2S/c1-20(2)11-25(10-12-6-14(22)9-15(23)7-12)19(28-20)24-18(26)16-8-13(21)4-5-17(16)27-3/h4-9H,10-11H2,1-3H3/b24-19-. The molecular formula is C20H19ClF2N2O2S. The Labute approximate surface area is 171 Å². The summed E-state index contributed by atoms with van der Waals surface area (Å²) in [6.45, 7) is 4.85. The van der Waals surface area contributed by atoms with E-state index in [2.05, 4.69) is 4.99 Å². The number of methoxy groups -OCH3 is 1. The van der Waals surface area contributed by atoms with Crippen molar-refractivity contribution in [2.75, 3.05) is 13.7 Å². The first-order chi connectivity index (χ1) is 13.2. The van der Waals surface area contributed by atoms with Crippen LogP contribution >= 0.6 is 23.4 Å². The summed E-state index contributed by atoms with van der Waals surface area (Å²) in [4.78, 5) is 18.9. The number of thioether (sulfide) groups is 1. The van der Waals surface area contributed by atoms with E-state index in [-0.39, 0.29) is 16.9 Å². The van der Waals surface area contributed by atoms with Crippen LogP contribution in [0, 0.1) is 11.6 Å². The molecular weight excluding hydrogens is 406 g/mol. The zero-order chi connectivity index (χ0) is 20.5. The number of aliphatic imine (C=N–C) groups is 1. The fraction of sp³-hybridized carbons (Fsp3) is 0.300. The van der Waals surface area contributed by atoms with E-state index in [1.54, 1.807) is 12.1 Å². The van der Waals surface area contributed by atoms with Gasteiger partial charge >= 0.3 is 0 Å². The number of hydrogen-bond donors (Lipinski definition) is 0. The lowest BCUT2D eigenvalue weighted by Gasteiger charge is -2.20. The van der Waals surface area contributed by atoms with Crippen molar-refractivity contribution in [2.45, 2.75) is 25.1 Å². The minimum Gasteiger partial charge on any atom is -0.496 e. The van der Waals surface area contributed by atoms with Gasteiger partial charge in [-0.15, -0.1) is 0 Å². The van der Waals surface area contributed by atoms with Crippen LogP contribution in [0.5, 0.6) is 5.75 Å². The smallest absolute Gasteiger partial charge is 0.283 e. The van der Waals surface area contributed by atoms with E-state index in [0.29, 0.717) is 28.0 Å². The van der Waals surface area contributed by atoms with Gasteiger partial charge in [0.05, 0.1) is 12.7 Å². The molecule has 0 radical (unpaired) electrons. The van der Waals surface area contributed by atoms with Gasteiger partial charge in [0, 0.05) is 28.9 Å². The van der Waals surface area contributed by atoms with Crippen molar-refractivity contribution >= 4 is 34.4 Å². The molecule has 0 aromatic heterocycles. The number of halogens is 3. The topological polar surface area (TPSA) is 41.9 Å². The average Bonchev–Trinajstić information content (AvgIpc) is 2.87. The van der Waals surface area contributed by atoms with Gasteiger partial charge in [0.2, 0.25) is 0 Å². The van der Waals surface area contributed by atoms with E-state index in [0.717, 1.165) is 6.07 Å². The molecule has 0 saturated carbocycles. The van der Waals surface area contributed by atoms with Crippen LogP contribution in [0.15, 0.2) is 41.4 Å². The maximum atomic E-state index is 13.5. The van der Waals surface area contributed by atoms with Crippen LogP contribution in [0.4, 0.5) is 8.78 Å². The van der Waals surface area contributed by atoms with E-state index >= 15 is 0 Å². The third-order valence-electron chi connectivity index (χ3n) is 4.09. The predicted molar refractivity (Wildman–Crippen MR) is 108 cm³/mol. The number of ether oxygens (including phenoxy) is 1. The van der Waals surface area contributed by atoms with Crippen LogP contribution in [-0.2, 0) is 6.54 Å². The molecule has 1 fully saturated rings. The lowest BCUT2D eigenvalue weighted by Crippen LogP contribution is -2.28. The summed E-state index contributed by atoms with van der Waals surface area (Å²) in [6, 6.07) is 8.12. The van der Waals surface area contributed by atoms with Gasteiger partial charge < -0.3 is 9.64 Å². The Morgan fingerprint density at radius 1 is 1.25 bits per heavy atom. The minimum absolute atomic E-state index is 0.205. The second-order valence-electron chi connectivity index (χ2n) is 7.04. The molecule has 0 unspecified atom stereocenters. The molecule has 3 rings (SSSR count). The Morgan fingerprint density at radius 2 is 1.93 bits per heavy atom. The molecule has 1 amide bonds. The molecule has 1 aliphatic heterocycles. The summed E-state index contributed by atoms with van der Waals surface area (Å²) < 4.78 is 32.1. The van der Waals surface area contributed by atoms with Crippen LogP contribution < -0.4 is 4.74 Å². The van der Waals surface area contributed by atoms with Crippen molar-refractivity contribution in [2.24, 2.45) is 4.99 Å². The monoisotopic (exact) mass is 424 g/mol. The lowest BCUT2D eigenvalue weighted by molar-refractivity contribution is 0.0998. The number of nitrogens with zero attached hydrogens (tertiary/aromatic N) is 2. The van der Waals surface area contributed by atoms with Crippen LogP contribution in [0.1, 0.15) is 29.8 Å². The molecule has 2 aromatic rings. The largest absolute Gasteiger partial charge is 0.496 e. The Kier molecular flexibility index (Phi) is 5.95. The number of hydrogen-bond acceptors (Lipinski definition) is 3. The van der Waals surface area contributed by atoms with Crippen LogP contribution in [0.25, 0.3) is 0 Å². The van der Waals surface area contributed by atoms with Gasteiger partial charge in [0.1, 0.15) is 17.4 Å². The highest BCUT2D eigenvalue weighted by Crippen LogP contribution is 2.37. The number of rotatable bonds is 4. The van der Waals surface area contributed by atoms with Crippen molar-refractivity contribution in [1.29, 1.82) is 0 Å². The number of benzene rings is 2.